The van der Waals surface area contributed by atoms with Gasteiger partial charge in [0, 0.05) is 23.7 Å². The van der Waals surface area contributed by atoms with Crippen LogP contribution in [0.15, 0.2) is 35.8 Å². The smallest absolute Gasteiger partial charge is 0.232 e. The van der Waals surface area contributed by atoms with E-state index in [1.165, 1.54) is 11.3 Å². The van der Waals surface area contributed by atoms with E-state index in [2.05, 4.69) is 16.0 Å². The Morgan fingerprint density at radius 1 is 1.22 bits per heavy atom. The van der Waals surface area contributed by atoms with Crippen molar-refractivity contribution in [1.29, 1.82) is 5.26 Å². The molecule has 3 heterocycles. The van der Waals surface area contributed by atoms with Crippen molar-refractivity contribution in [1.82, 2.24) is 9.97 Å². The highest BCUT2D eigenvalue weighted by Gasteiger charge is 2.17. The Morgan fingerprint density at radius 3 is 2.85 bits per heavy atom. The van der Waals surface area contributed by atoms with Crippen molar-refractivity contribution in [2.24, 2.45) is 5.73 Å². The maximum Gasteiger partial charge on any atom is 0.232 e. The van der Waals surface area contributed by atoms with Crippen molar-refractivity contribution in [3.05, 3.63) is 52.1 Å². The SMILES string of the molecule is N#Cc1c(-c2ccc3c(c2)OCCO3)ccnc1OCc1nc(CN)cs1. The molecule has 0 bridgehead atoms. The van der Waals surface area contributed by atoms with Crippen LogP contribution in [0.25, 0.3) is 11.1 Å². The maximum absolute atomic E-state index is 9.68. The Hall–Kier alpha value is -3.15. The molecule has 0 aliphatic carbocycles. The van der Waals surface area contributed by atoms with E-state index in [1.807, 2.05) is 23.6 Å². The second kappa shape index (κ2) is 7.61. The van der Waals surface area contributed by atoms with E-state index in [4.69, 9.17) is 19.9 Å². The minimum atomic E-state index is 0.233. The molecule has 0 amide bonds. The number of fused-ring (bicyclic) bond motifs is 1. The highest BCUT2D eigenvalue weighted by atomic mass is 32.1. The van der Waals surface area contributed by atoms with Crippen LogP contribution in [0.4, 0.5) is 0 Å². The van der Waals surface area contributed by atoms with Crippen LogP contribution in [-0.4, -0.2) is 23.2 Å². The zero-order chi connectivity index (χ0) is 18.6. The summed E-state index contributed by atoms with van der Waals surface area (Å²) in [7, 11) is 0. The largest absolute Gasteiger partial charge is 0.486 e. The Balaban J connectivity index is 1.62. The monoisotopic (exact) mass is 380 g/mol. The van der Waals surface area contributed by atoms with Crippen molar-refractivity contribution in [2.75, 3.05) is 13.2 Å². The topological polar surface area (TPSA) is 103 Å². The fraction of sp³-hybridized carbons (Fsp3) is 0.211. The maximum atomic E-state index is 9.68. The number of aromatic nitrogens is 2. The summed E-state index contributed by atoms with van der Waals surface area (Å²) < 4.78 is 17.0. The van der Waals surface area contributed by atoms with Crippen LogP contribution in [0, 0.1) is 11.3 Å². The van der Waals surface area contributed by atoms with Gasteiger partial charge in [0.15, 0.2) is 11.5 Å². The zero-order valence-electron chi connectivity index (χ0n) is 14.3. The molecule has 27 heavy (non-hydrogen) atoms. The quantitative estimate of drug-likeness (QED) is 0.726. The minimum Gasteiger partial charge on any atom is -0.486 e. The van der Waals surface area contributed by atoms with Gasteiger partial charge in [-0.3, -0.25) is 0 Å². The van der Waals surface area contributed by atoms with Gasteiger partial charge in [0.05, 0.1) is 5.69 Å². The van der Waals surface area contributed by atoms with Crippen LogP contribution in [0.3, 0.4) is 0 Å². The summed E-state index contributed by atoms with van der Waals surface area (Å²) in [5, 5.41) is 12.4. The highest BCUT2D eigenvalue weighted by molar-refractivity contribution is 7.09. The third kappa shape index (κ3) is 3.56. The standard InChI is InChI=1S/C19H16N4O3S/c20-8-13-11-27-18(23-13)10-26-19-15(9-21)14(3-4-22-19)12-1-2-16-17(7-12)25-6-5-24-16/h1-4,7,11H,5-6,8,10,20H2. The molecule has 4 rings (SSSR count). The lowest BCUT2D eigenvalue weighted by molar-refractivity contribution is 0.171. The molecule has 1 aliphatic heterocycles. The fourth-order valence-electron chi connectivity index (χ4n) is 2.75. The minimum absolute atomic E-state index is 0.233. The first-order valence-corrected chi connectivity index (χ1v) is 9.21. The predicted molar refractivity (Wildman–Crippen MR) is 99.7 cm³/mol. The van der Waals surface area contributed by atoms with Crippen LogP contribution >= 0.6 is 11.3 Å². The van der Waals surface area contributed by atoms with Gasteiger partial charge in [-0.1, -0.05) is 6.07 Å². The van der Waals surface area contributed by atoms with Gasteiger partial charge in [0.25, 0.3) is 0 Å². The average Bonchev–Trinajstić information content (AvgIpc) is 3.19. The van der Waals surface area contributed by atoms with Crippen molar-refractivity contribution in [3.8, 4) is 34.6 Å². The van der Waals surface area contributed by atoms with Crippen molar-refractivity contribution in [3.63, 3.8) is 0 Å². The number of nitriles is 1. The first-order valence-electron chi connectivity index (χ1n) is 8.33. The van der Waals surface area contributed by atoms with Gasteiger partial charge in [-0.05, 0) is 23.8 Å². The van der Waals surface area contributed by atoms with Gasteiger partial charge in [0.2, 0.25) is 5.88 Å². The molecule has 136 valence electrons. The third-order valence-corrected chi connectivity index (χ3v) is 4.89. The van der Waals surface area contributed by atoms with Crippen LogP contribution in [0.1, 0.15) is 16.3 Å². The number of hydrogen-bond donors (Lipinski definition) is 1. The second-order valence-electron chi connectivity index (χ2n) is 5.73. The van der Waals surface area contributed by atoms with E-state index in [0.717, 1.165) is 21.8 Å². The number of ether oxygens (including phenoxy) is 3. The first-order chi connectivity index (χ1) is 13.3. The summed E-state index contributed by atoms with van der Waals surface area (Å²) in [6.07, 6.45) is 1.62. The molecular formula is C19H16N4O3S. The summed E-state index contributed by atoms with van der Waals surface area (Å²) in [4.78, 5) is 8.57. The average molecular weight is 380 g/mol. The van der Waals surface area contributed by atoms with Crippen LogP contribution in [0.5, 0.6) is 17.4 Å². The number of benzene rings is 1. The van der Waals surface area contributed by atoms with E-state index >= 15 is 0 Å². The first kappa shape index (κ1) is 17.3. The Bertz CT molecular complexity index is 1010. The summed E-state index contributed by atoms with van der Waals surface area (Å²) in [5.41, 5.74) is 8.32. The van der Waals surface area contributed by atoms with Crippen LogP contribution < -0.4 is 19.9 Å². The molecule has 2 N–H and O–H groups in total. The second-order valence-corrected chi connectivity index (χ2v) is 6.68. The number of nitrogens with zero attached hydrogens (tertiary/aromatic N) is 3. The Kier molecular flexibility index (Phi) is 4.87. The van der Waals surface area contributed by atoms with Gasteiger partial charge in [0.1, 0.15) is 36.5 Å². The molecule has 3 aromatic rings. The summed E-state index contributed by atoms with van der Waals surface area (Å²) in [6, 6.07) is 9.58. The lowest BCUT2D eigenvalue weighted by Gasteiger charge is -2.19. The molecule has 0 fully saturated rings. The summed E-state index contributed by atoms with van der Waals surface area (Å²) >= 11 is 1.47. The van der Waals surface area contributed by atoms with Crippen molar-refractivity contribution in [2.45, 2.75) is 13.2 Å². The number of pyridine rings is 1. The molecule has 7 nitrogen and oxygen atoms in total. The third-order valence-electron chi connectivity index (χ3n) is 4.02. The van der Waals surface area contributed by atoms with Gasteiger partial charge in [-0.2, -0.15) is 5.26 Å². The number of nitrogens with two attached hydrogens (primary N) is 1. The van der Waals surface area contributed by atoms with Gasteiger partial charge in [-0.25, -0.2) is 9.97 Å². The lowest BCUT2D eigenvalue weighted by Crippen LogP contribution is -2.15. The molecule has 0 radical (unpaired) electrons. The van der Waals surface area contributed by atoms with Gasteiger partial charge < -0.3 is 19.9 Å². The number of rotatable bonds is 5. The molecule has 0 saturated carbocycles. The molecular weight excluding hydrogens is 364 g/mol. The molecule has 8 heteroatoms. The van der Waals surface area contributed by atoms with Crippen molar-refractivity contribution < 1.29 is 14.2 Å². The molecule has 2 aromatic heterocycles. The molecule has 0 saturated heterocycles. The van der Waals surface area contributed by atoms with E-state index in [1.54, 1.807) is 12.3 Å². The molecule has 0 unspecified atom stereocenters. The predicted octanol–water partition coefficient (Wildman–Crippen LogP) is 2.89. The Morgan fingerprint density at radius 2 is 2.07 bits per heavy atom. The van der Waals surface area contributed by atoms with Crippen LogP contribution in [0.2, 0.25) is 0 Å². The van der Waals surface area contributed by atoms with E-state index in [-0.39, 0.29) is 12.5 Å². The number of hydrogen-bond acceptors (Lipinski definition) is 8. The van der Waals surface area contributed by atoms with Gasteiger partial charge >= 0.3 is 0 Å². The zero-order valence-corrected chi connectivity index (χ0v) is 15.2. The molecule has 1 aromatic carbocycles. The van der Waals surface area contributed by atoms with Crippen LogP contribution in [-0.2, 0) is 13.2 Å². The van der Waals surface area contributed by atoms with E-state index in [0.29, 0.717) is 36.8 Å². The van der Waals surface area contributed by atoms with E-state index < -0.39 is 0 Å². The van der Waals surface area contributed by atoms with Crippen molar-refractivity contribution >= 4 is 11.3 Å². The number of thiazole rings is 1. The molecule has 0 spiro atoms. The lowest BCUT2D eigenvalue weighted by atomic mass is 10.0. The molecule has 0 atom stereocenters. The molecule has 1 aliphatic rings. The fourth-order valence-corrected chi connectivity index (χ4v) is 3.47. The summed E-state index contributed by atoms with van der Waals surface area (Å²) in [6.45, 7) is 1.66. The van der Waals surface area contributed by atoms with Gasteiger partial charge in [-0.15, -0.1) is 11.3 Å². The highest BCUT2D eigenvalue weighted by Crippen LogP contribution is 2.36. The Labute approximate surface area is 160 Å². The van der Waals surface area contributed by atoms with E-state index in [9.17, 15) is 5.26 Å². The normalized spacial score (nSPS) is 12.4. The summed E-state index contributed by atoms with van der Waals surface area (Å²) in [5.74, 6) is 1.64.